The number of methoxy groups -OCH3 is 1. The predicted octanol–water partition coefficient (Wildman–Crippen LogP) is 2.07. The van der Waals surface area contributed by atoms with Gasteiger partial charge in [0, 0.05) is 25.7 Å². The highest BCUT2D eigenvalue weighted by atomic mass is 35.5. The molecule has 0 aliphatic heterocycles. The fourth-order valence-electron chi connectivity index (χ4n) is 1.51. The standard InChI is InChI=1S/C12H15Cl2NO3/c1-15(6-9(16)7-18-2)12(17)10-5-8(13)3-4-11(10)14/h3-5,9,16H,6-7H2,1-2H3. The summed E-state index contributed by atoms with van der Waals surface area (Å²) < 4.78 is 4.80. The van der Waals surface area contributed by atoms with Crippen molar-refractivity contribution in [1.82, 2.24) is 4.90 Å². The largest absolute Gasteiger partial charge is 0.389 e. The lowest BCUT2D eigenvalue weighted by atomic mass is 10.2. The van der Waals surface area contributed by atoms with Gasteiger partial charge >= 0.3 is 0 Å². The molecule has 0 aliphatic carbocycles. The molecule has 0 aliphatic rings. The van der Waals surface area contributed by atoms with E-state index in [9.17, 15) is 9.90 Å². The van der Waals surface area contributed by atoms with Gasteiger partial charge in [-0.05, 0) is 18.2 Å². The quantitative estimate of drug-likeness (QED) is 0.904. The lowest BCUT2D eigenvalue weighted by Gasteiger charge is -2.21. The second kappa shape index (κ2) is 6.95. The molecule has 4 nitrogen and oxygen atoms in total. The van der Waals surface area contributed by atoms with Crippen LogP contribution in [0.15, 0.2) is 18.2 Å². The second-order valence-corrected chi connectivity index (χ2v) is 4.76. The number of hydrogen-bond acceptors (Lipinski definition) is 3. The Morgan fingerprint density at radius 2 is 2.17 bits per heavy atom. The third-order valence-electron chi connectivity index (χ3n) is 2.35. The van der Waals surface area contributed by atoms with Gasteiger partial charge in [-0.25, -0.2) is 0 Å². The molecule has 0 spiro atoms. The number of rotatable bonds is 5. The molecule has 0 heterocycles. The molecule has 1 N–H and O–H groups in total. The lowest BCUT2D eigenvalue weighted by molar-refractivity contribution is 0.0380. The van der Waals surface area contributed by atoms with Crippen LogP contribution >= 0.6 is 23.2 Å². The number of hydrogen-bond donors (Lipinski definition) is 1. The van der Waals surface area contributed by atoms with Crippen molar-refractivity contribution >= 4 is 29.1 Å². The van der Waals surface area contributed by atoms with Crippen LogP contribution in [0.2, 0.25) is 10.0 Å². The maximum atomic E-state index is 12.1. The molecular weight excluding hydrogens is 277 g/mol. The predicted molar refractivity (Wildman–Crippen MR) is 71.3 cm³/mol. The van der Waals surface area contributed by atoms with Crippen LogP contribution < -0.4 is 0 Å². The van der Waals surface area contributed by atoms with Crippen molar-refractivity contribution in [2.24, 2.45) is 0 Å². The van der Waals surface area contributed by atoms with Crippen molar-refractivity contribution < 1.29 is 14.6 Å². The number of halogens is 2. The van der Waals surface area contributed by atoms with Gasteiger partial charge in [-0.1, -0.05) is 23.2 Å². The zero-order valence-corrected chi connectivity index (χ0v) is 11.7. The number of carbonyl (C=O) groups excluding carboxylic acids is 1. The minimum Gasteiger partial charge on any atom is -0.389 e. The van der Waals surface area contributed by atoms with Gasteiger partial charge in [-0.15, -0.1) is 0 Å². The smallest absolute Gasteiger partial charge is 0.255 e. The molecule has 0 saturated carbocycles. The molecule has 0 radical (unpaired) electrons. The van der Waals surface area contributed by atoms with E-state index in [2.05, 4.69) is 0 Å². The van der Waals surface area contributed by atoms with E-state index in [-0.39, 0.29) is 19.1 Å². The number of benzene rings is 1. The van der Waals surface area contributed by atoms with Gasteiger partial charge in [0.2, 0.25) is 0 Å². The summed E-state index contributed by atoms with van der Waals surface area (Å²) in [5, 5.41) is 10.3. The number of carbonyl (C=O) groups is 1. The molecule has 18 heavy (non-hydrogen) atoms. The van der Waals surface area contributed by atoms with Crippen LogP contribution in [0.1, 0.15) is 10.4 Å². The van der Waals surface area contributed by atoms with Crippen molar-refractivity contribution in [2.45, 2.75) is 6.10 Å². The molecule has 1 atom stereocenters. The minimum absolute atomic E-state index is 0.162. The molecule has 1 aromatic rings. The van der Waals surface area contributed by atoms with Crippen LogP contribution in [0.3, 0.4) is 0 Å². The van der Waals surface area contributed by atoms with Crippen LogP contribution in [-0.4, -0.2) is 49.3 Å². The third-order valence-corrected chi connectivity index (χ3v) is 2.91. The highest BCUT2D eigenvalue weighted by Crippen LogP contribution is 2.21. The zero-order chi connectivity index (χ0) is 13.7. The maximum absolute atomic E-state index is 12.1. The SMILES string of the molecule is COCC(O)CN(C)C(=O)c1cc(Cl)ccc1Cl. The summed E-state index contributed by atoms with van der Waals surface area (Å²) in [5.74, 6) is -0.294. The van der Waals surface area contributed by atoms with Crippen LogP contribution in [0, 0.1) is 0 Å². The molecule has 1 amide bonds. The van der Waals surface area contributed by atoms with Crippen LogP contribution in [0.5, 0.6) is 0 Å². The number of aliphatic hydroxyl groups excluding tert-OH is 1. The summed E-state index contributed by atoms with van der Waals surface area (Å²) in [4.78, 5) is 13.5. The normalized spacial score (nSPS) is 12.3. The van der Waals surface area contributed by atoms with Gasteiger partial charge in [0.1, 0.15) is 0 Å². The Labute approximate surface area is 116 Å². The maximum Gasteiger partial charge on any atom is 0.255 e. The van der Waals surface area contributed by atoms with E-state index < -0.39 is 6.10 Å². The Bertz CT molecular complexity index is 426. The average molecular weight is 292 g/mol. The van der Waals surface area contributed by atoms with Gasteiger partial charge in [0.05, 0.1) is 23.3 Å². The Kier molecular flexibility index (Phi) is 5.88. The Hall–Kier alpha value is -0.810. The fraction of sp³-hybridized carbons (Fsp3) is 0.417. The molecule has 0 saturated heterocycles. The number of nitrogens with zero attached hydrogens (tertiary/aromatic N) is 1. The highest BCUT2D eigenvalue weighted by Gasteiger charge is 2.18. The van der Waals surface area contributed by atoms with Crippen molar-refractivity contribution in [3.63, 3.8) is 0 Å². The van der Waals surface area contributed by atoms with Gasteiger partial charge < -0.3 is 14.7 Å². The first kappa shape index (κ1) is 15.2. The van der Waals surface area contributed by atoms with Gasteiger partial charge in [0.15, 0.2) is 0 Å². The van der Waals surface area contributed by atoms with E-state index in [1.165, 1.54) is 18.1 Å². The lowest BCUT2D eigenvalue weighted by Crippen LogP contribution is -2.36. The van der Waals surface area contributed by atoms with Crippen molar-refractivity contribution in [3.05, 3.63) is 33.8 Å². The molecule has 0 bridgehead atoms. The van der Waals surface area contributed by atoms with Crippen LogP contribution in [0.25, 0.3) is 0 Å². The number of aliphatic hydroxyl groups is 1. The Balaban J connectivity index is 2.77. The van der Waals surface area contributed by atoms with E-state index in [1.807, 2.05) is 0 Å². The van der Waals surface area contributed by atoms with Gasteiger partial charge in [-0.3, -0.25) is 4.79 Å². The van der Waals surface area contributed by atoms with Crippen molar-refractivity contribution in [2.75, 3.05) is 27.3 Å². The average Bonchev–Trinajstić information content (AvgIpc) is 2.31. The van der Waals surface area contributed by atoms with E-state index in [4.69, 9.17) is 27.9 Å². The second-order valence-electron chi connectivity index (χ2n) is 3.92. The first-order valence-electron chi connectivity index (χ1n) is 5.33. The van der Waals surface area contributed by atoms with Crippen LogP contribution in [0.4, 0.5) is 0 Å². The molecule has 0 aromatic heterocycles. The van der Waals surface area contributed by atoms with Crippen molar-refractivity contribution in [3.8, 4) is 0 Å². The van der Waals surface area contributed by atoms with Gasteiger partial charge in [0.25, 0.3) is 5.91 Å². The zero-order valence-electron chi connectivity index (χ0n) is 10.2. The number of likely N-dealkylation sites (N-methyl/N-ethyl adjacent to an activating group) is 1. The molecular formula is C12H15Cl2NO3. The monoisotopic (exact) mass is 291 g/mol. The number of ether oxygens (including phenoxy) is 1. The minimum atomic E-state index is -0.734. The first-order valence-corrected chi connectivity index (χ1v) is 6.08. The van der Waals surface area contributed by atoms with Crippen molar-refractivity contribution in [1.29, 1.82) is 0 Å². The Morgan fingerprint density at radius 1 is 1.50 bits per heavy atom. The molecule has 0 fully saturated rings. The van der Waals surface area contributed by atoms with Crippen LogP contribution in [-0.2, 0) is 4.74 Å². The summed E-state index contributed by atoms with van der Waals surface area (Å²) in [6.45, 7) is 0.330. The third kappa shape index (κ3) is 4.14. The fourth-order valence-corrected chi connectivity index (χ4v) is 1.88. The highest BCUT2D eigenvalue weighted by molar-refractivity contribution is 6.35. The van der Waals surface area contributed by atoms with E-state index >= 15 is 0 Å². The molecule has 6 heteroatoms. The van der Waals surface area contributed by atoms with Gasteiger partial charge in [-0.2, -0.15) is 0 Å². The summed E-state index contributed by atoms with van der Waals surface area (Å²) in [6.07, 6.45) is -0.734. The molecule has 1 aromatic carbocycles. The summed E-state index contributed by atoms with van der Waals surface area (Å²) in [5.41, 5.74) is 0.316. The number of amides is 1. The molecule has 1 unspecified atom stereocenters. The Morgan fingerprint density at radius 3 is 2.78 bits per heavy atom. The summed E-state index contributed by atoms with van der Waals surface area (Å²) in [7, 11) is 3.07. The summed E-state index contributed by atoms with van der Waals surface area (Å²) in [6, 6.07) is 4.68. The first-order chi connectivity index (χ1) is 8.45. The van der Waals surface area contributed by atoms with E-state index in [1.54, 1.807) is 19.2 Å². The molecule has 100 valence electrons. The topological polar surface area (TPSA) is 49.8 Å². The summed E-state index contributed by atoms with van der Waals surface area (Å²) >= 11 is 11.8. The van der Waals surface area contributed by atoms with E-state index in [0.717, 1.165) is 0 Å². The molecule has 1 rings (SSSR count). The van der Waals surface area contributed by atoms with E-state index in [0.29, 0.717) is 15.6 Å².